The quantitative estimate of drug-likeness (QED) is 0.770. The molecule has 1 saturated heterocycles. The molecule has 1 fully saturated rings. The van der Waals surface area contributed by atoms with Crippen molar-refractivity contribution in [1.82, 2.24) is 9.80 Å². The molecule has 2 aliphatic heterocycles. The number of fused-ring (bicyclic) bond motifs is 1. The Kier molecular flexibility index (Phi) is 6.23. The van der Waals surface area contributed by atoms with Crippen molar-refractivity contribution in [1.29, 1.82) is 0 Å². The highest BCUT2D eigenvalue weighted by molar-refractivity contribution is 5.80. The highest BCUT2D eigenvalue weighted by atomic mass is 19.4. The van der Waals surface area contributed by atoms with Gasteiger partial charge in [-0.3, -0.25) is 4.79 Å². The summed E-state index contributed by atoms with van der Waals surface area (Å²) >= 11 is 0. The van der Waals surface area contributed by atoms with Crippen molar-refractivity contribution in [3.05, 3.63) is 64.7 Å². The van der Waals surface area contributed by atoms with Crippen molar-refractivity contribution in [3.8, 4) is 5.75 Å². The maximum absolute atomic E-state index is 13.2. The van der Waals surface area contributed by atoms with Crippen LogP contribution in [0, 0.1) is 0 Å². The summed E-state index contributed by atoms with van der Waals surface area (Å²) in [5.41, 5.74) is 1.71. The minimum absolute atomic E-state index is 0.0583. The Bertz CT molecular complexity index is 921. The Morgan fingerprint density at radius 3 is 2.39 bits per heavy atom. The van der Waals surface area contributed by atoms with Gasteiger partial charge in [-0.25, -0.2) is 0 Å². The number of alkyl halides is 3. The zero-order chi connectivity index (χ0) is 22.0. The number of carbonyl (C=O) groups excluding carboxylic acids is 1. The van der Waals surface area contributed by atoms with Crippen LogP contribution in [0.1, 0.15) is 47.6 Å². The van der Waals surface area contributed by atoms with Crippen LogP contribution in [0.2, 0.25) is 0 Å². The van der Waals surface area contributed by atoms with Gasteiger partial charge in [0.05, 0.1) is 18.0 Å². The van der Waals surface area contributed by atoms with E-state index in [0.717, 1.165) is 49.2 Å². The zero-order valence-electron chi connectivity index (χ0n) is 17.4. The monoisotopic (exact) mass is 432 g/mol. The van der Waals surface area contributed by atoms with E-state index in [4.69, 9.17) is 0 Å². The molecule has 1 amide bonds. The zero-order valence-corrected chi connectivity index (χ0v) is 17.4. The highest BCUT2D eigenvalue weighted by Crippen LogP contribution is 2.36. The number of likely N-dealkylation sites (tertiary alicyclic amines) is 1. The molecule has 4 nitrogen and oxygen atoms in total. The van der Waals surface area contributed by atoms with E-state index in [-0.39, 0.29) is 24.1 Å². The van der Waals surface area contributed by atoms with Crippen molar-refractivity contribution in [3.63, 3.8) is 0 Å². The van der Waals surface area contributed by atoms with Crippen LogP contribution in [-0.4, -0.2) is 47.0 Å². The summed E-state index contributed by atoms with van der Waals surface area (Å²) in [4.78, 5) is 17.4. The maximum atomic E-state index is 13.2. The lowest BCUT2D eigenvalue weighted by molar-refractivity contribution is -0.137. The Labute approximate surface area is 180 Å². The summed E-state index contributed by atoms with van der Waals surface area (Å²) in [6, 6.07) is 10.1. The number of phenols is 1. The van der Waals surface area contributed by atoms with Crippen molar-refractivity contribution < 1.29 is 23.1 Å². The third-order valence-electron chi connectivity index (χ3n) is 6.36. The second-order valence-corrected chi connectivity index (χ2v) is 8.43. The van der Waals surface area contributed by atoms with Gasteiger partial charge in [0.25, 0.3) is 0 Å². The highest BCUT2D eigenvalue weighted by Gasteiger charge is 2.34. The van der Waals surface area contributed by atoms with Crippen LogP contribution in [0.4, 0.5) is 13.2 Å². The second-order valence-electron chi connectivity index (χ2n) is 8.43. The average Bonchev–Trinajstić information content (AvgIpc) is 2.75. The molecule has 7 heteroatoms. The standard InChI is InChI=1S/C24H27F3N2O2/c25-24(26,27)18-9-7-17(8-10-18)15-23(31)29-14-11-20-19(5-4-6-22(20)30)21(29)16-28-12-2-1-3-13-28/h4-10,21,30H,1-3,11-16H2. The number of hydrogen-bond acceptors (Lipinski definition) is 3. The van der Waals surface area contributed by atoms with E-state index < -0.39 is 11.7 Å². The number of nitrogens with zero attached hydrogens (tertiary/aromatic N) is 2. The van der Waals surface area contributed by atoms with E-state index >= 15 is 0 Å². The summed E-state index contributed by atoms with van der Waals surface area (Å²) in [5, 5.41) is 10.3. The summed E-state index contributed by atoms with van der Waals surface area (Å²) < 4.78 is 38.5. The Hall–Kier alpha value is -2.54. The fraction of sp³-hybridized carbons (Fsp3) is 0.458. The molecule has 31 heavy (non-hydrogen) atoms. The van der Waals surface area contributed by atoms with Crippen LogP contribution in [0.3, 0.4) is 0 Å². The molecule has 1 N–H and O–H groups in total. The molecule has 0 spiro atoms. The minimum Gasteiger partial charge on any atom is -0.508 e. The third kappa shape index (κ3) is 4.87. The van der Waals surface area contributed by atoms with E-state index in [1.54, 1.807) is 12.1 Å². The van der Waals surface area contributed by atoms with Crippen molar-refractivity contribution in [2.45, 2.75) is 44.3 Å². The lowest BCUT2D eigenvalue weighted by Crippen LogP contribution is -2.46. The van der Waals surface area contributed by atoms with Gasteiger partial charge in [0.1, 0.15) is 5.75 Å². The number of piperidine rings is 1. The first-order chi connectivity index (χ1) is 14.8. The number of rotatable bonds is 4. The number of carbonyl (C=O) groups is 1. The SMILES string of the molecule is O=C(Cc1ccc(C(F)(F)F)cc1)N1CCc2c(O)cccc2C1CN1CCCCC1. The number of amides is 1. The molecule has 166 valence electrons. The van der Waals surface area contributed by atoms with Gasteiger partial charge in [-0.15, -0.1) is 0 Å². The molecule has 0 saturated carbocycles. The largest absolute Gasteiger partial charge is 0.508 e. The number of halogens is 3. The molecular weight excluding hydrogens is 405 g/mol. The Morgan fingerprint density at radius 1 is 1.00 bits per heavy atom. The molecule has 2 heterocycles. The van der Waals surface area contributed by atoms with Gasteiger partial charge < -0.3 is 14.9 Å². The fourth-order valence-electron chi connectivity index (χ4n) is 4.70. The van der Waals surface area contributed by atoms with Gasteiger partial charge in [0, 0.05) is 18.7 Å². The molecule has 2 aromatic rings. The van der Waals surface area contributed by atoms with E-state index in [1.807, 2.05) is 11.0 Å². The normalized spacial score (nSPS) is 19.8. The summed E-state index contributed by atoms with van der Waals surface area (Å²) in [6.45, 7) is 3.18. The molecule has 4 rings (SSSR count). The van der Waals surface area contributed by atoms with Gasteiger partial charge in [0.2, 0.25) is 5.91 Å². The first-order valence-corrected chi connectivity index (χ1v) is 10.8. The Balaban J connectivity index is 1.55. The number of benzene rings is 2. The molecule has 0 radical (unpaired) electrons. The molecule has 0 aliphatic carbocycles. The van der Waals surface area contributed by atoms with E-state index in [9.17, 15) is 23.1 Å². The molecule has 2 aromatic carbocycles. The lowest BCUT2D eigenvalue weighted by Gasteiger charge is -2.41. The van der Waals surface area contributed by atoms with Crippen LogP contribution in [0.25, 0.3) is 0 Å². The Morgan fingerprint density at radius 2 is 1.71 bits per heavy atom. The predicted octanol–water partition coefficient (Wildman–Crippen LogP) is 4.57. The predicted molar refractivity (Wildman–Crippen MR) is 112 cm³/mol. The number of hydrogen-bond donors (Lipinski definition) is 1. The summed E-state index contributed by atoms with van der Waals surface area (Å²) in [7, 11) is 0. The summed E-state index contributed by atoms with van der Waals surface area (Å²) in [5.74, 6) is 0.159. The van der Waals surface area contributed by atoms with E-state index in [1.165, 1.54) is 18.6 Å². The van der Waals surface area contributed by atoms with Crippen LogP contribution in [0.15, 0.2) is 42.5 Å². The molecular formula is C24H27F3N2O2. The topological polar surface area (TPSA) is 43.8 Å². The summed E-state index contributed by atoms with van der Waals surface area (Å²) in [6.07, 6.45) is -0.270. The lowest BCUT2D eigenvalue weighted by atomic mass is 9.90. The van der Waals surface area contributed by atoms with Crippen LogP contribution < -0.4 is 0 Å². The van der Waals surface area contributed by atoms with Crippen molar-refractivity contribution >= 4 is 5.91 Å². The van der Waals surface area contributed by atoms with Crippen LogP contribution >= 0.6 is 0 Å². The molecule has 0 aromatic heterocycles. The maximum Gasteiger partial charge on any atom is 0.416 e. The first kappa shape index (κ1) is 21.7. The van der Waals surface area contributed by atoms with Gasteiger partial charge in [-0.2, -0.15) is 13.2 Å². The molecule has 2 aliphatic rings. The van der Waals surface area contributed by atoms with Gasteiger partial charge in [0.15, 0.2) is 0 Å². The third-order valence-corrected chi connectivity index (χ3v) is 6.36. The van der Waals surface area contributed by atoms with Gasteiger partial charge >= 0.3 is 6.18 Å². The number of aromatic hydroxyl groups is 1. The van der Waals surface area contributed by atoms with Crippen LogP contribution in [0.5, 0.6) is 5.75 Å². The molecule has 0 bridgehead atoms. The van der Waals surface area contributed by atoms with E-state index in [2.05, 4.69) is 4.90 Å². The van der Waals surface area contributed by atoms with Gasteiger partial charge in [-0.1, -0.05) is 30.7 Å². The molecule has 1 unspecified atom stereocenters. The fourth-order valence-corrected chi connectivity index (χ4v) is 4.70. The number of phenolic OH excluding ortho intramolecular Hbond substituents is 1. The van der Waals surface area contributed by atoms with Gasteiger partial charge in [-0.05, 0) is 61.7 Å². The minimum atomic E-state index is -4.39. The molecule has 1 atom stereocenters. The van der Waals surface area contributed by atoms with Crippen LogP contribution in [-0.2, 0) is 23.8 Å². The second kappa shape index (κ2) is 8.91. The average molecular weight is 432 g/mol. The van der Waals surface area contributed by atoms with Crippen molar-refractivity contribution in [2.24, 2.45) is 0 Å². The van der Waals surface area contributed by atoms with Crippen molar-refractivity contribution in [2.75, 3.05) is 26.2 Å². The smallest absolute Gasteiger partial charge is 0.416 e. The van der Waals surface area contributed by atoms with E-state index in [0.29, 0.717) is 25.1 Å². The first-order valence-electron chi connectivity index (χ1n) is 10.8.